The summed E-state index contributed by atoms with van der Waals surface area (Å²) >= 11 is 1.49. The molecule has 0 saturated heterocycles. The number of thiazole rings is 1. The maximum Gasteiger partial charge on any atom is 0.279 e. The highest BCUT2D eigenvalue weighted by molar-refractivity contribution is 7.16. The van der Waals surface area contributed by atoms with E-state index in [4.69, 9.17) is 9.47 Å². The van der Waals surface area contributed by atoms with Crippen LogP contribution in [0, 0.1) is 0 Å². The average molecular weight is 370 g/mol. The quantitative estimate of drug-likeness (QED) is 0.651. The third-order valence-corrected chi connectivity index (χ3v) is 4.93. The van der Waals surface area contributed by atoms with Crippen LogP contribution in [0.3, 0.4) is 0 Å². The first-order valence-electron chi connectivity index (χ1n) is 8.75. The van der Waals surface area contributed by atoms with Gasteiger partial charge in [-0.15, -0.1) is 0 Å². The van der Waals surface area contributed by atoms with Crippen molar-refractivity contribution in [2.75, 3.05) is 13.2 Å². The fraction of sp³-hybridized carbons (Fsp3) is 0.300. The molecule has 1 aromatic heterocycles. The number of rotatable bonds is 6. The maximum atomic E-state index is 12.6. The van der Waals surface area contributed by atoms with Crippen LogP contribution < -0.4 is 14.3 Å². The molecular weight excluding hydrogens is 348 g/mol. The number of para-hydroxylation sites is 1. The number of hydrogen-bond acceptors (Lipinski definition) is 4. The molecule has 0 N–H and O–H groups in total. The Kier molecular flexibility index (Phi) is 5.73. The van der Waals surface area contributed by atoms with Gasteiger partial charge in [0.1, 0.15) is 17.0 Å². The molecule has 0 radical (unpaired) electrons. The lowest BCUT2D eigenvalue weighted by Crippen LogP contribution is -2.16. The Bertz CT molecular complexity index is 971. The van der Waals surface area contributed by atoms with Crippen LogP contribution in [0.15, 0.2) is 47.5 Å². The fourth-order valence-electron chi connectivity index (χ4n) is 2.76. The summed E-state index contributed by atoms with van der Waals surface area (Å²) < 4.78 is 14.2. The smallest absolute Gasteiger partial charge is 0.279 e. The van der Waals surface area contributed by atoms with Crippen LogP contribution in [0.25, 0.3) is 10.2 Å². The minimum absolute atomic E-state index is 0.264. The molecule has 0 atom stereocenters. The molecule has 1 amide bonds. The standard InChI is InChI=1S/C20H22N2O3S/c1-4-22-18-16(25-6-3)8-7-9-17(18)26-20(22)21-19(23)14-10-12-15(13-11-14)24-5-2/h7-13H,4-6H2,1-3H3. The highest BCUT2D eigenvalue weighted by atomic mass is 32.1. The topological polar surface area (TPSA) is 52.8 Å². The number of fused-ring (bicyclic) bond motifs is 1. The van der Waals surface area contributed by atoms with Gasteiger partial charge in [-0.25, -0.2) is 0 Å². The molecule has 6 heteroatoms. The highest BCUT2D eigenvalue weighted by Gasteiger charge is 2.12. The van der Waals surface area contributed by atoms with Crippen LogP contribution in [0.5, 0.6) is 11.5 Å². The van der Waals surface area contributed by atoms with Gasteiger partial charge >= 0.3 is 0 Å². The van der Waals surface area contributed by atoms with Crippen molar-refractivity contribution in [3.8, 4) is 11.5 Å². The number of carbonyl (C=O) groups is 1. The number of hydrogen-bond donors (Lipinski definition) is 0. The first kappa shape index (κ1) is 18.2. The van der Waals surface area contributed by atoms with Crippen LogP contribution in [-0.4, -0.2) is 23.7 Å². The van der Waals surface area contributed by atoms with E-state index in [1.54, 1.807) is 24.3 Å². The third kappa shape index (κ3) is 3.65. The zero-order valence-electron chi connectivity index (χ0n) is 15.2. The van der Waals surface area contributed by atoms with Crippen molar-refractivity contribution < 1.29 is 14.3 Å². The number of carbonyl (C=O) groups excluding carboxylic acids is 1. The van der Waals surface area contributed by atoms with Crippen molar-refractivity contribution in [3.05, 3.63) is 52.8 Å². The molecule has 136 valence electrons. The Morgan fingerprint density at radius 1 is 1.04 bits per heavy atom. The summed E-state index contributed by atoms with van der Waals surface area (Å²) in [5.41, 5.74) is 1.53. The minimum atomic E-state index is -0.264. The monoisotopic (exact) mass is 370 g/mol. The van der Waals surface area contributed by atoms with Crippen molar-refractivity contribution in [3.63, 3.8) is 0 Å². The van der Waals surface area contributed by atoms with Gasteiger partial charge in [0.25, 0.3) is 5.91 Å². The van der Waals surface area contributed by atoms with Crippen molar-refractivity contribution in [2.45, 2.75) is 27.3 Å². The summed E-state index contributed by atoms with van der Waals surface area (Å²) in [6.07, 6.45) is 0. The summed E-state index contributed by atoms with van der Waals surface area (Å²) in [4.78, 5) is 17.6. The van der Waals surface area contributed by atoms with Crippen molar-refractivity contribution >= 4 is 27.5 Å². The summed E-state index contributed by atoms with van der Waals surface area (Å²) in [6.45, 7) is 7.82. The van der Waals surface area contributed by atoms with E-state index in [-0.39, 0.29) is 5.91 Å². The van der Waals surface area contributed by atoms with Crippen LogP contribution >= 0.6 is 11.3 Å². The predicted octanol–water partition coefficient (Wildman–Crippen LogP) is 4.26. The van der Waals surface area contributed by atoms with Gasteiger partial charge in [-0.05, 0) is 57.2 Å². The van der Waals surface area contributed by atoms with Crippen molar-refractivity contribution in [2.24, 2.45) is 4.99 Å². The largest absolute Gasteiger partial charge is 0.494 e. The molecule has 3 aromatic rings. The number of amides is 1. The van der Waals surface area contributed by atoms with Crippen LogP contribution in [0.2, 0.25) is 0 Å². The molecule has 0 aliphatic carbocycles. The van der Waals surface area contributed by atoms with E-state index in [2.05, 4.69) is 4.99 Å². The Balaban J connectivity index is 2.03. The van der Waals surface area contributed by atoms with Gasteiger partial charge in [-0.3, -0.25) is 4.79 Å². The van der Waals surface area contributed by atoms with Gasteiger partial charge in [-0.1, -0.05) is 17.4 Å². The second-order valence-electron chi connectivity index (χ2n) is 5.54. The molecule has 0 fully saturated rings. The first-order valence-corrected chi connectivity index (χ1v) is 9.56. The van der Waals surface area contributed by atoms with Crippen LogP contribution in [0.1, 0.15) is 31.1 Å². The van der Waals surface area contributed by atoms with Gasteiger partial charge in [0, 0.05) is 12.1 Å². The Labute approximate surface area is 156 Å². The van der Waals surface area contributed by atoms with E-state index >= 15 is 0 Å². The molecular formula is C20H22N2O3S. The van der Waals surface area contributed by atoms with Crippen LogP contribution in [-0.2, 0) is 6.54 Å². The SMILES string of the molecule is CCOc1ccc(C(=O)N=c2sc3cccc(OCC)c3n2CC)cc1. The normalized spacial score (nSPS) is 11.7. The third-order valence-electron chi connectivity index (χ3n) is 3.89. The second-order valence-corrected chi connectivity index (χ2v) is 6.55. The van der Waals surface area contributed by atoms with Crippen molar-refractivity contribution in [1.82, 2.24) is 4.57 Å². The van der Waals surface area contributed by atoms with Gasteiger partial charge < -0.3 is 14.0 Å². The zero-order chi connectivity index (χ0) is 18.5. The molecule has 0 unspecified atom stereocenters. The number of benzene rings is 2. The summed E-state index contributed by atoms with van der Waals surface area (Å²) in [5, 5.41) is 0. The molecule has 26 heavy (non-hydrogen) atoms. The Hall–Kier alpha value is -2.60. The van der Waals surface area contributed by atoms with Gasteiger partial charge in [0.2, 0.25) is 0 Å². The number of nitrogens with zero attached hydrogens (tertiary/aromatic N) is 2. The summed E-state index contributed by atoms with van der Waals surface area (Å²) in [6, 6.07) is 13.0. The van der Waals surface area contributed by atoms with E-state index in [1.807, 2.05) is 43.5 Å². The minimum Gasteiger partial charge on any atom is -0.494 e. The zero-order valence-corrected chi connectivity index (χ0v) is 16.0. The molecule has 0 bridgehead atoms. The molecule has 0 aliphatic heterocycles. The van der Waals surface area contributed by atoms with E-state index in [0.717, 1.165) is 21.7 Å². The molecule has 3 rings (SSSR count). The molecule has 5 nitrogen and oxygen atoms in total. The van der Waals surface area contributed by atoms with Crippen molar-refractivity contribution in [1.29, 1.82) is 0 Å². The van der Waals surface area contributed by atoms with E-state index in [1.165, 1.54) is 11.3 Å². The number of aryl methyl sites for hydroxylation is 1. The van der Waals surface area contributed by atoms with E-state index in [9.17, 15) is 4.79 Å². The van der Waals surface area contributed by atoms with Gasteiger partial charge in [-0.2, -0.15) is 4.99 Å². The lowest BCUT2D eigenvalue weighted by Gasteiger charge is -2.07. The number of aromatic nitrogens is 1. The van der Waals surface area contributed by atoms with Gasteiger partial charge in [0.05, 0.1) is 17.9 Å². The lowest BCUT2D eigenvalue weighted by atomic mass is 10.2. The predicted molar refractivity (Wildman–Crippen MR) is 104 cm³/mol. The number of ether oxygens (including phenoxy) is 2. The highest BCUT2D eigenvalue weighted by Crippen LogP contribution is 2.27. The Morgan fingerprint density at radius 3 is 2.42 bits per heavy atom. The average Bonchev–Trinajstić information content (AvgIpc) is 3.00. The molecule has 0 saturated carbocycles. The Morgan fingerprint density at radius 2 is 1.77 bits per heavy atom. The van der Waals surface area contributed by atoms with E-state index in [0.29, 0.717) is 30.1 Å². The molecule has 1 heterocycles. The lowest BCUT2D eigenvalue weighted by molar-refractivity contribution is 0.0998. The molecule has 0 spiro atoms. The van der Waals surface area contributed by atoms with Crippen LogP contribution in [0.4, 0.5) is 0 Å². The summed E-state index contributed by atoms with van der Waals surface area (Å²) in [7, 11) is 0. The van der Waals surface area contributed by atoms with E-state index < -0.39 is 0 Å². The first-order chi connectivity index (χ1) is 12.7. The second kappa shape index (κ2) is 8.19. The van der Waals surface area contributed by atoms with Gasteiger partial charge in [0.15, 0.2) is 4.80 Å². The molecule has 2 aromatic carbocycles. The molecule has 0 aliphatic rings. The fourth-order valence-corrected chi connectivity index (χ4v) is 3.87. The summed E-state index contributed by atoms with van der Waals surface area (Å²) in [5.74, 6) is 1.30. The maximum absolute atomic E-state index is 12.6.